The third kappa shape index (κ3) is 3.33. The van der Waals surface area contributed by atoms with Crippen molar-refractivity contribution in [2.75, 3.05) is 6.61 Å². The Balaban J connectivity index is 2.11. The van der Waals surface area contributed by atoms with E-state index in [2.05, 4.69) is 15.9 Å². The van der Waals surface area contributed by atoms with Crippen molar-refractivity contribution in [1.29, 1.82) is 0 Å². The van der Waals surface area contributed by atoms with E-state index in [1.54, 1.807) is 24.3 Å². The topological polar surface area (TPSA) is 26.3 Å². The second-order valence-electron chi connectivity index (χ2n) is 3.75. The van der Waals surface area contributed by atoms with Crippen LogP contribution in [0.25, 0.3) is 0 Å². The molecule has 0 atom stereocenters. The van der Waals surface area contributed by atoms with E-state index in [9.17, 15) is 9.18 Å². The minimum atomic E-state index is -0.738. The molecule has 2 nitrogen and oxygen atoms in total. The van der Waals surface area contributed by atoms with Gasteiger partial charge in [-0.05, 0) is 40.2 Å². The molecule has 2 aromatic carbocycles. The Morgan fingerprint density at radius 3 is 2.58 bits per heavy atom. The highest BCUT2D eigenvalue weighted by atomic mass is 79.9. The van der Waals surface area contributed by atoms with Crippen LogP contribution in [0.15, 0.2) is 46.9 Å². The van der Waals surface area contributed by atoms with Gasteiger partial charge in [0, 0.05) is 4.47 Å². The number of hydrogen-bond acceptors (Lipinski definition) is 2. The van der Waals surface area contributed by atoms with Gasteiger partial charge in [0.15, 0.2) is 12.4 Å². The van der Waals surface area contributed by atoms with Crippen LogP contribution >= 0.6 is 27.5 Å². The molecule has 0 heterocycles. The fraction of sp³-hybridized carbons (Fsp3) is 0.0714. The van der Waals surface area contributed by atoms with Crippen LogP contribution in [0.5, 0.6) is 5.75 Å². The van der Waals surface area contributed by atoms with Crippen molar-refractivity contribution >= 4 is 33.3 Å². The Labute approximate surface area is 123 Å². The minimum Gasteiger partial charge on any atom is -0.485 e. The quantitative estimate of drug-likeness (QED) is 0.603. The molecule has 0 aromatic heterocycles. The lowest BCUT2D eigenvalue weighted by atomic mass is 10.1. The number of ketones is 1. The van der Waals surface area contributed by atoms with Gasteiger partial charge < -0.3 is 4.74 Å². The van der Waals surface area contributed by atoms with Gasteiger partial charge in [0.25, 0.3) is 0 Å². The molecule has 2 aromatic rings. The van der Waals surface area contributed by atoms with Crippen molar-refractivity contribution < 1.29 is 13.9 Å². The molecule has 0 aliphatic carbocycles. The summed E-state index contributed by atoms with van der Waals surface area (Å²) in [6.07, 6.45) is 0. The fourth-order valence-electron chi connectivity index (χ4n) is 1.48. The van der Waals surface area contributed by atoms with Crippen LogP contribution in [0.4, 0.5) is 4.39 Å². The molecular weight excluding hydrogens is 335 g/mol. The molecule has 2 rings (SSSR count). The minimum absolute atomic E-state index is 0.0795. The molecule has 0 aliphatic heterocycles. The summed E-state index contributed by atoms with van der Waals surface area (Å²) in [5.74, 6) is -0.645. The molecule has 0 saturated heterocycles. The smallest absolute Gasteiger partial charge is 0.203 e. The molecule has 0 unspecified atom stereocenters. The second kappa shape index (κ2) is 6.17. The van der Waals surface area contributed by atoms with E-state index in [0.717, 1.165) is 0 Å². The van der Waals surface area contributed by atoms with E-state index in [1.807, 2.05) is 6.07 Å². The molecule has 0 aliphatic rings. The first-order valence-electron chi connectivity index (χ1n) is 5.44. The van der Waals surface area contributed by atoms with Crippen LogP contribution < -0.4 is 4.74 Å². The summed E-state index contributed by atoms with van der Waals surface area (Å²) in [5, 5.41) is -0.106. The predicted molar refractivity (Wildman–Crippen MR) is 75.4 cm³/mol. The summed E-state index contributed by atoms with van der Waals surface area (Å²) < 4.78 is 19.5. The first-order valence-corrected chi connectivity index (χ1v) is 6.61. The zero-order valence-electron chi connectivity index (χ0n) is 9.70. The van der Waals surface area contributed by atoms with E-state index in [0.29, 0.717) is 10.2 Å². The number of rotatable bonds is 4. The summed E-state index contributed by atoms with van der Waals surface area (Å²) >= 11 is 8.82. The standard InChI is InChI=1S/C14H9BrClFO2/c15-11-7-6-10(14(17)13(11)16)12(18)8-19-9-4-2-1-3-5-9/h1-7H,8H2. The van der Waals surface area contributed by atoms with Gasteiger partial charge in [-0.2, -0.15) is 0 Å². The summed E-state index contributed by atoms with van der Waals surface area (Å²) in [6.45, 7) is -0.237. The molecule has 0 N–H and O–H groups in total. The van der Waals surface area contributed by atoms with E-state index in [4.69, 9.17) is 16.3 Å². The maximum Gasteiger partial charge on any atom is 0.203 e. The summed E-state index contributed by atoms with van der Waals surface area (Å²) in [6, 6.07) is 11.8. The van der Waals surface area contributed by atoms with Gasteiger partial charge >= 0.3 is 0 Å². The van der Waals surface area contributed by atoms with Crippen LogP contribution in [0.1, 0.15) is 10.4 Å². The Bertz CT molecular complexity index is 602. The van der Waals surface area contributed by atoms with Crippen LogP contribution in [0.3, 0.4) is 0 Å². The monoisotopic (exact) mass is 342 g/mol. The molecule has 0 saturated carbocycles. The third-order valence-corrected chi connectivity index (χ3v) is 3.71. The van der Waals surface area contributed by atoms with E-state index >= 15 is 0 Å². The molecule has 0 spiro atoms. The molecule has 5 heteroatoms. The van der Waals surface area contributed by atoms with E-state index in [1.165, 1.54) is 12.1 Å². The predicted octanol–water partition coefficient (Wildman–Crippen LogP) is 4.50. The molecule has 19 heavy (non-hydrogen) atoms. The highest BCUT2D eigenvalue weighted by Crippen LogP contribution is 2.27. The van der Waals surface area contributed by atoms with E-state index < -0.39 is 11.6 Å². The van der Waals surface area contributed by atoms with Gasteiger partial charge in [0.1, 0.15) is 5.75 Å². The van der Waals surface area contributed by atoms with Crippen molar-refractivity contribution in [3.05, 3.63) is 63.3 Å². The summed E-state index contributed by atoms with van der Waals surface area (Å²) in [4.78, 5) is 11.9. The van der Waals surface area contributed by atoms with Crippen LogP contribution in [-0.4, -0.2) is 12.4 Å². The lowest BCUT2D eigenvalue weighted by molar-refractivity contribution is 0.0917. The highest BCUT2D eigenvalue weighted by molar-refractivity contribution is 9.10. The Morgan fingerprint density at radius 1 is 1.21 bits per heavy atom. The average molecular weight is 344 g/mol. The first kappa shape index (κ1) is 14.0. The van der Waals surface area contributed by atoms with Gasteiger partial charge in [-0.3, -0.25) is 4.79 Å². The number of para-hydroxylation sites is 1. The Kier molecular flexibility index (Phi) is 4.56. The molecule has 0 bridgehead atoms. The number of ether oxygens (including phenoxy) is 1. The van der Waals surface area contributed by atoms with Gasteiger partial charge in [-0.15, -0.1) is 0 Å². The number of carbonyl (C=O) groups is 1. The van der Waals surface area contributed by atoms with Crippen molar-refractivity contribution in [1.82, 2.24) is 0 Å². The van der Waals surface area contributed by atoms with Crippen molar-refractivity contribution in [2.45, 2.75) is 0 Å². The van der Waals surface area contributed by atoms with Gasteiger partial charge in [0.05, 0.1) is 10.6 Å². The van der Waals surface area contributed by atoms with Crippen LogP contribution in [-0.2, 0) is 0 Å². The maximum atomic E-state index is 13.8. The van der Waals surface area contributed by atoms with Crippen LogP contribution in [0, 0.1) is 5.82 Å². The average Bonchev–Trinajstić information content (AvgIpc) is 2.43. The second-order valence-corrected chi connectivity index (χ2v) is 4.98. The number of hydrogen-bond donors (Lipinski definition) is 0. The SMILES string of the molecule is O=C(COc1ccccc1)c1ccc(Br)c(Cl)c1F. The van der Waals surface area contributed by atoms with Crippen molar-refractivity contribution in [3.63, 3.8) is 0 Å². The number of halogens is 3. The fourth-order valence-corrected chi connectivity index (χ4v) is 1.96. The van der Waals surface area contributed by atoms with E-state index in [-0.39, 0.29) is 17.2 Å². The number of benzene rings is 2. The van der Waals surface area contributed by atoms with Crippen molar-refractivity contribution in [2.24, 2.45) is 0 Å². The highest BCUT2D eigenvalue weighted by Gasteiger charge is 2.16. The number of Topliss-reactive ketones (excluding diaryl/α,β-unsaturated/α-hetero) is 1. The molecule has 0 radical (unpaired) electrons. The molecule has 0 amide bonds. The Morgan fingerprint density at radius 2 is 1.89 bits per heavy atom. The van der Waals surface area contributed by atoms with Gasteiger partial charge in [-0.1, -0.05) is 29.8 Å². The third-order valence-electron chi connectivity index (χ3n) is 2.45. The van der Waals surface area contributed by atoms with Gasteiger partial charge in [-0.25, -0.2) is 4.39 Å². The molecule has 0 fully saturated rings. The zero-order chi connectivity index (χ0) is 13.8. The molecular formula is C14H9BrClFO2. The first-order chi connectivity index (χ1) is 9.09. The normalized spacial score (nSPS) is 10.3. The lowest BCUT2D eigenvalue weighted by Crippen LogP contribution is -2.13. The summed E-state index contributed by atoms with van der Waals surface area (Å²) in [7, 11) is 0. The van der Waals surface area contributed by atoms with Gasteiger partial charge in [0.2, 0.25) is 5.78 Å². The van der Waals surface area contributed by atoms with Crippen LogP contribution in [0.2, 0.25) is 5.02 Å². The lowest BCUT2D eigenvalue weighted by Gasteiger charge is -2.07. The maximum absolute atomic E-state index is 13.8. The van der Waals surface area contributed by atoms with Crippen molar-refractivity contribution in [3.8, 4) is 5.75 Å². The molecule has 98 valence electrons. The number of carbonyl (C=O) groups excluding carboxylic acids is 1. The largest absolute Gasteiger partial charge is 0.485 e. The summed E-state index contributed by atoms with van der Waals surface area (Å²) in [5.41, 5.74) is -0.0795. The zero-order valence-corrected chi connectivity index (χ0v) is 12.0. The Hall–Kier alpha value is -1.39.